The van der Waals surface area contributed by atoms with Gasteiger partial charge < -0.3 is 10.1 Å². The number of fused-ring (bicyclic) bond motifs is 1. The zero-order valence-corrected chi connectivity index (χ0v) is 13.1. The number of hydrogen-bond donors (Lipinski definition) is 1. The van der Waals surface area contributed by atoms with Crippen LogP contribution in [-0.4, -0.2) is 12.5 Å². The molecule has 1 N–H and O–H groups in total. The van der Waals surface area contributed by atoms with Crippen LogP contribution in [0.25, 0.3) is 10.8 Å². The summed E-state index contributed by atoms with van der Waals surface area (Å²) in [5.74, 6) is 0.727. The van der Waals surface area contributed by atoms with E-state index in [2.05, 4.69) is 17.4 Å². The van der Waals surface area contributed by atoms with Gasteiger partial charge in [-0.3, -0.25) is 4.79 Å². The fourth-order valence-corrected chi connectivity index (χ4v) is 2.66. The lowest BCUT2D eigenvalue weighted by Crippen LogP contribution is -2.14. The molecule has 0 unspecified atom stereocenters. The van der Waals surface area contributed by atoms with Crippen molar-refractivity contribution in [2.75, 3.05) is 11.9 Å². The summed E-state index contributed by atoms with van der Waals surface area (Å²) in [4.78, 5) is 12.3. The van der Waals surface area contributed by atoms with Crippen LogP contribution < -0.4 is 10.1 Å². The highest BCUT2D eigenvalue weighted by molar-refractivity contribution is 5.96. The third-order valence-electron chi connectivity index (χ3n) is 3.66. The van der Waals surface area contributed by atoms with Gasteiger partial charge in [0.25, 0.3) is 0 Å². The predicted molar refractivity (Wildman–Crippen MR) is 93.9 cm³/mol. The third kappa shape index (κ3) is 3.69. The van der Waals surface area contributed by atoms with E-state index in [0.29, 0.717) is 13.0 Å². The molecule has 3 aromatic rings. The smallest absolute Gasteiger partial charge is 0.228 e. The van der Waals surface area contributed by atoms with Gasteiger partial charge in [-0.05, 0) is 35.4 Å². The minimum Gasteiger partial charge on any atom is -0.494 e. The van der Waals surface area contributed by atoms with E-state index < -0.39 is 0 Å². The molecule has 3 aromatic carbocycles. The maximum absolute atomic E-state index is 12.3. The molecule has 3 nitrogen and oxygen atoms in total. The van der Waals surface area contributed by atoms with Crippen LogP contribution in [0.3, 0.4) is 0 Å². The van der Waals surface area contributed by atoms with E-state index in [0.717, 1.165) is 27.8 Å². The Bertz CT molecular complexity index is 821. The number of carbonyl (C=O) groups excluding carboxylic acids is 1. The van der Waals surface area contributed by atoms with Gasteiger partial charge in [0.05, 0.1) is 13.0 Å². The molecule has 0 aliphatic heterocycles. The summed E-state index contributed by atoms with van der Waals surface area (Å²) in [6.07, 6.45) is 0.347. The second-order valence-corrected chi connectivity index (χ2v) is 5.32. The molecule has 1 amide bonds. The molecule has 0 aromatic heterocycles. The molecule has 23 heavy (non-hydrogen) atoms. The highest BCUT2D eigenvalue weighted by Crippen LogP contribution is 2.20. The van der Waals surface area contributed by atoms with Gasteiger partial charge in [-0.25, -0.2) is 0 Å². The maximum Gasteiger partial charge on any atom is 0.228 e. The molecule has 0 saturated carbocycles. The van der Waals surface area contributed by atoms with E-state index in [-0.39, 0.29) is 5.91 Å². The summed E-state index contributed by atoms with van der Waals surface area (Å²) in [6.45, 7) is 2.54. The van der Waals surface area contributed by atoms with Crippen LogP contribution in [-0.2, 0) is 11.2 Å². The molecule has 3 heteroatoms. The standard InChI is InChI=1S/C20H19NO2/c1-2-23-18-11-6-10-17(14-18)21-20(22)13-16-9-5-8-15-7-3-4-12-19(15)16/h3-12,14H,2,13H2,1H3,(H,21,22). The van der Waals surface area contributed by atoms with Crippen molar-refractivity contribution in [1.82, 2.24) is 0 Å². The van der Waals surface area contributed by atoms with Crippen molar-refractivity contribution in [1.29, 1.82) is 0 Å². The molecule has 0 spiro atoms. The number of benzene rings is 3. The highest BCUT2D eigenvalue weighted by atomic mass is 16.5. The highest BCUT2D eigenvalue weighted by Gasteiger charge is 2.07. The van der Waals surface area contributed by atoms with Crippen molar-refractivity contribution >= 4 is 22.4 Å². The van der Waals surface area contributed by atoms with Crippen molar-refractivity contribution in [2.45, 2.75) is 13.3 Å². The maximum atomic E-state index is 12.3. The SMILES string of the molecule is CCOc1cccc(NC(=O)Cc2cccc3ccccc23)c1. The van der Waals surface area contributed by atoms with E-state index in [1.54, 1.807) is 0 Å². The number of ether oxygens (including phenoxy) is 1. The first-order valence-electron chi connectivity index (χ1n) is 7.75. The normalized spacial score (nSPS) is 10.5. The molecule has 0 heterocycles. The Morgan fingerprint density at radius 2 is 1.78 bits per heavy atom. The van der Waals surface area contributed by atoms with E-state index >= 15 is 0 Å². The summed E-state index contributed by atoms with van der Waals surface area (Å²) in [6, 6.07) is 21.6. The molecule has 0 fully saturated rings. The molecule has 0 aliphatic rings. The zero-order valence-electron chi connectivity index (χ0n) is 13.1. The van der Waals surface area contributed by atoms with Gasteiger partial charge in [-0.15, -0.1) is 0 Å². The lowest BCUT2D eigenvalue weighted by Gasteiger charge is -2.09. The lowest BCUT2D eigenvalue weighted by atomic mass is 10.0. The van der Waals surface area contributed by atoms with Crippen molar-refractivity contribution in [3.8, 4) is 5.75 Å². The largest absolute Gasteiger partial charge is 0.494 e. The topological polar surface area (TPSA) is 38.3 Å². The molecular weight excluding hydrogens is 286 g/mol. The van der Waals surface area contributed by atoms with Crippen LogP contribution in [0.15, 0.2) is 66.7 Å². The van der Waals surface area contributed by atoms with Crippen LogP contribution in [0.4, 0.5) is 5.69 Å². The van der Waals surface area contributed by atoms with Crippen LogP contribution in [0, 0.1) is 0 Å². The predicted octanol–water partition coefficient (Wildman–Crippen LogP) is 4.42. The number of nitrogens with one attached hydrogen (secondary N) is 1. The summed E-state index contributed by atoms with van der Waals surface area (Å²) in [5, 5.41) is 5.20. The Hall–Kier alpha value is -2.81. The van der Waals surface area contributed by atoms with Gasteiger partial charge in [0.2, 0.25) is 5.91 Å². The van der Waals surface area contributed by atoms with E-state index in [1.807, 2.05) is 61.5 Å². The number of carbonyl (C=O) groups is 1. The monoisotopic (exact) mass is 305 g/mol. The van der Waals surface area contributed by atoms with Crippen molar-refractivity contribution in [3.63, 3.8) is 0 Å². The Morgan fingerprint density at radius 1 is 1.00 bits per heavy atom. The van der Waals surface area contributed by atoms with Crippen LogP contribution in [0.1, 0.15) is 12.5 Å². The number of rotatable bonds is 5. The van der Waals surface area contributed by atoms with Crippen molar-refractivity contribution in [2.24, 2.45) is 0 Å². The van der Waals surface area contributed by atoms with E-state index in [1.165, 1.54) is 0 Å². The van der Waals surface area contributed by atoms with Gasteiger partial charge in [0, 0.05) is 11.8 Å². The van der Waals surface area contributed by atoms with Gasteiger partial charge in [-0.1, -0.05) is 48.5 Å². The van der Waals surface area contributed by atoms with Gasteiger partial charge in [0.15, 0.2) is 0 Å². The number of amides is 1. The molecule has 0 aliphatic carbocycles. The van der Waals surface area contributed by atoms with E-state index in [9.17, 15) is 4.79 Å². The van der Waals surface area contributed by atoms with Crippen molar-refractivity contribution < 1.29 is 9.53 Å². The average molecular weight is 305 g/mol. The second kappa shape index (κ2) is 6.97. The van der Waals surface area contributed by atoms with Crippen LogP contribution in [0.5, 0.6) is 5.75 Å². The third-order valence-corrected chi connectivity index (χ3v) is 3.66. The minimum atomic E-state index is -0.0324. The Morgan fingerprint density at radius 3 is 2.65 bits per heavy atom. The number of hydrogen-bond acceptors (Lipinski definition) is 2. The summed E-state index contributed by atoms with van der Waals surface area (Å²) in [7, 11) is 0. The zero-order chi connectivity index (χ0) is 16.1. The molecule has 0 radical (unpaired) electrons. The summed E-state index contributed by atoms with van der Waals surface area (Å²) < 4.78 is 5.45. The van der Waals surface area contributed by atoms with Gasteiger partial charge in [-0.2, -0.15) is 0 Å². The number of anilines is 1. The van der Waals surface area contributed by atoms with Crippen LogP contribution in [0.2, 0.25) is 0 Å². The summed E-state index contributed by atoms with van der Waals surface area (Å²) in [5.41, 5.74) is 1.78. The molecule has 116 valence electrons. The van der Waals surface area contributed by atoms with Crippen LogP contribution >= 0.6 is 0 Å². The van der Waals surface area contributed by atoms with Gasteiger partial charge in [0.1, 0.15) is 5.75 Å². The Balaban J connectivity index is 1.75. The molecule has 0 bridgehead atoms. The fraction of sp³-hybridized carbons (Fsp3) is 0.150. The second-order valence-electron chi connectivity index (χ2n) is 5.32. The fourth-order valence-electron chi connectivity index (χ4n) is 2.66. The van der Waals surface area contributed by atoms with E-state index in [4.69, 9.17) is 4.74 Å². The first kappa shape index (κ1) is 15.1. The average Bonchev–Trinajstić information content (AvgIpc) is 2.56. The first-order chi connectivity index (χ1) is 11.3. The lowest BCUT2D eigenvalue weighted by molar-refractivity contribution is -0.115. The molecule has 0 atom stereocenters. The minimum absolute atomic E-state index is 0.0324. The van der Waals surface area contributed by atoms with Crippen molar-refractivity contribution in [3.05, 3.63) is 72.3 Å². The Labute approximate surface area is 135 Å². The molecule has 0 saturated heterocycles. The van der Waals surface area contributed by atoms with Gasteiger partial charge >= 0.3 is 0 Å². The first-order valence-corrected chi connectivity index (χ1v) is 7.75. The molecule has 3 rings (SSSR count). The Kier molecular flexibility index (Phi) is 4.57. The quantitative estimate of drug-likeness (QED) is 0.758. The summed E-state index contributed by atoms with van der Waals surface area (Å²) >= 11 is 0. The molecular formula is C20H19NO2.